The molecule has 0 saturated carbocycles. The molecule has 1 aromatic heterocycles. The summed E-state index contributed by atoms with van der Waals surface area (Å²) in [5.74, 6) is 1.85. The monoisotopic (exact) mass is 154 g/mol. The summed E-state index contributed by atoms with van der Waals surface area (Å²) in [5.41, 5.74) is 6.51. The van der Waals surface area contributed by atoms with Gasteiger partial charge in [0.2, 0.25) is 0 Å². The van der Waals surface area contributed by atoms with Crippen molar-refractivity contribution in [1.82, 2.24) is 5.16 Å². The van der Waals surface area contributed by atoms with Crippen molar-refractivity contribution in [3.8, 4) is 0 Å². The zero-order valence-electron chi connectivity index (χ0n) is 7.22. The molecule has 0 aliphatic rings. The number of hydrogen-bond acceptors (Lipinski definition) is 3. The normalized spacial score (nSPS) is 13.4. The van der Waals surface area contributed by atoms with E-state index in [0.29, 0.717) is 11.7 Å². The van der Waals surface area contributed by atoms with Crippen LogP contribution >= 0.6 is 0 Å². The van der Waals surface area contributed by atoms with Gasteiger partial charge in [0.05, 0.1) is 0 Å². The first-order valence-electron chi connectivity index (χ1n) is 3.88. The lowest BCUT2D eigenvalue weighted by molar-refractivity contribution is 0.364. The molecule has 0 saturated heterocycles. The molecule has 0 bridgehead atoms. The second-order valence-corrected chi connectivity index (χ2v) is 2.87. The summed E-state index contributed by atoms with van der Waals surface area (Å²) in [4.78, 5) is 0. The zero-order chi connectivity index (χ0) is 8.43. The van der Waals surface area contributed by atoms with E-state index in [9.17, 15) is 0 Å². The molecule has 0 spiro atoms. The number of nitrogens with zero attached hydrogens (tertiary/aromatic N) is 1. The highest BCUT2D eigenvalue weighted by Gasteiger charge is 2.14. The van der Waals surface area contributed by atoms with Crippen molar-refractivity contribution in [1.29, 1.82) is 0 Å². The van der Waals surface area contributed by atoms with Crippen LogP contribution in [0.25, 0.3) is 0 Å². The van der Waals surface area contributed by atoms with Crippen molar-refractivity contribution in [2.24, 2.45) is 0 Å². The fourth-order valence-electron chi connectivity index (χ4n) is 1.01. The van der Waals surface area contributed by atoms with Gasteiger partial charge in [0.25, 0.3) is 0 Å². The summed E-state index contributed by atoms with van der Waals surface area (Å²) in [6.45, 7) is 6.16. The molecule has 0 aromatic carbocycles. The van der Waals surface area contributed by atoms with Gasteiger partial charge in [0, 0.05) is 11.5 Å². The van der Waals surface area contributed by atoms with Crippen LogP contribution in [-0.4, -0.2) is 5.16 Å². The van der Waals surface area contributed by atoms with Crippen LogP contribution in [0.15, 0.2) is 4.52 Å². The third-order valence-corrected chi connectivity index (χ3v) is 2.06. The molecule has 2 N–H and O–H groups in total. The van der Waals surface area contributed by atoms with Gasteiger partial charge in [-0.05, 0) is 13.3 Å². The van der Waals surface area contributed by atoms with E-state index < -0.39 is 0 Å². The van der Waals surface area contributed by atoms with Crippen LogP contribution < -0.4 is 5.73 Å². The molecule has 62 valence electrons. The predicted octanol–water partition coefficient (Wildman–Crippen LogP) is 2.08. The number of rotatable bonds is 2. The van der Waals surface area contributed by atoms with Crippen molar-refractivity contribution in [2.45, 2.75) is 33.1 Å². The quantitative estimate of drug-likeness (QED) is 0.709. The molecule has 1 rings (SSSR count). The van der Waals surface area contributed by atoms with Crippen LogP contribution in [0.2, 0.25) is 0 Å². The minimum absolute atomic E-state index is 0.416. The third kappa shape index (κ3) is 1.37. The summed E-state index contributed by atoms with van der Waals surface area (Å²) in [6.07, 6.45) is 1.05. The molecule has 0 aliphatic heterocycles. The Morgan fingerprint density at radius 3 is 2.64 bits per heavy atom. The molecule has 1 atom stereocenters. The molecule has 0 amide bonds. The number of aromatic nitrogens is 1. The lowest BCUT2D eigenvalue weighted by atomic mass is 10.0. The first kappa shape index (κ1) is 8.11. The summed E-state index contributed by atoms with van der Waals surface area (Å²) in [7, 11) is 0. The van der Waals surface area contributed by atoms with Gasteiger partial charge in [-0.25, -0.2) is 0 Å². The van der Waals surface area contributed by atoms with Crippen molar-refractivity contribution in [2.75, 3.05) is 5.73 Å². The maximum Gasteiger partial charge on any atom is 0.170 e. The van der Waals surface area contributed by atoms with Gasteiger partial charge in [-0.1, -0.05) is 19.0 Å². The predicted molar refractivity (Wildman–Crippen MR) is 44.4 cm³/mol. The van der Waals surface area contributed by atoms with E-state index in [2.05, 4.69) is 19.0 Å². The smallest absolute Gasteiger partial charge is 0.170 e. The van der Waals surface area contributed by atoms with Gasteiger partial charge >= 0.3 is 0 Å². The topological polar surface area (TPSA) is 52.0 Å². The summed E-state index contributed by atoms with van der Waals surface area (Å²) < 4.78 is 5.07. The lowest BCUT2D eigenvalue weighted by Crippen LogP contribution is -1.92. The van der Waals surface area contributed by atoms with Crippen molar-refractivity contribution in [3.05, 3.63) is 11.3 Å². The fourth-order valence-corrected chi connectivity index (χ4v) is 1.01. The van der Waals surface area contributed by atoms with Crippen LogP contribution in [-0.2, 0) is 0 Å². The highest BCUT2D eigenvalue weighted by molar-refractivity contribution is 5.39. The van der Waals surface area contributed by atoms with Crippen LogP contribution in [0.4, 0.5) is 5.82 Å². The maximum atomic E-state index is 5.53. The summed E-state index contributed by atoms with van der Waals surface area (Å²) >= 11 is 0. The Hall–Kier alpha value is -0.990. The molecular weight excluding hydrogens is 140 g/mol. The molecule has 11 heavy (non-hydrogen) atoms. The van der Waals surface area contributed by atoms with Crippen molar-refractivity contribution < 1.29 is 4.52 Å². The van der Waals surface area contributed by atoms with E-state index in [1.807, 2.05) is 6.92 Å². The largest absolute Gasteiger partial charge is 0.381 e. The molecule has 1 heterocycles. The number of anilines is 1. The fraction of sp³-hybridized carbons (Fsp3) is 0.625. The average molecular weight is 154 g/mol. The second-order valence-electron chi connectivity index (χ2n) is 2.87. The SMILES string of the molecule is CCC(C)c1onc(N)c1C. The lowest BCUT2D eigenvalue weighted by Gasteiger charge is -2.02. The van der Waals surface area contributed by atoms with E-state index in [1.165, 1.54) is 0 Å². The second kappa shape index (κ2) is 2.95. The summed E-state index contributed by atoms with van der Waals surface area (Å²) in [5, 5.41) is 3.69. The number of nitrogen functional groups attached to an aromatic ring is 1. The van der Waals surface area contributed by atoms with Crippen LogP contribution in [0.5, 0.6) is 0 Å². The maximum absolute atomic E-state index is 5.53. The van der Waals surface area contributed by atoms with Crippen molar-refractivity contribution in [3.63, 3.8) is 0 Å². The van der Waals surface area contributed by atoms with E-state index in [1.54, 1.807) is 0 Å². The molecule has 0 fully saturated rings. The molecule has 0 aliphatic carbocycles. The Morgan fingerprint density at radius 1 is 1.64 bits per heavy atom. The number of hydrogen-bond donors (Lipinski definition) is 1. The molecule has 0 radical (unpaired) electrons. The minimum Gasteiger partial charge on any atom is -0.381 e. The van der Waals surface area contributed by atoms with Gasteiger partial charge in [0.1, 0.15) is 5.76 Å². The first-order chi connectivity index (χ1) is 5.16. The van der Waals surface area contributed by atoms with Gasteiger partial charge in [-0.15, -0.1) is 0 Å². The minimum atomic E-state index is 0.416. The van der Waals surface area contributed by atoms with Gasteiger partial charge in [-0.3, -0.25) is 0 Å². The highest BCUT2D eigenvalue weighted by Crippen LogP contribution is 2.25. The Labute approximate surface area is 66.6 Å². The Balaban J connectivity index is 2.94. The molecular formula is C8H14N2O. The zero-order valence-corrected chi connectivity index (χ0v) is 7.22. The first-order valence-corrected chi connectivity index (χ1v) is 3.88. The van der Waals surface area contributed by atoms with Crippen molar-refractivity contribution >= 4 is 5.82 Å². The van der Waals surface area contributed by atoms with Gasteiger partial charge < -0.3 is 10.3 Å². The Kier molecular flexibility index (Phi) is 2.17. The van der Waals surface area contributed by atoms with E-state index >= 15 is 0 Å². The molecule has 1 aromatic rings. The Bertz CT molecular complexity index is 242. The Morgan fingerprint density at radius 2 is 2.27 bits per heavy atom. The van der Waals surface area contributed by atoms with Gasteiger partial charge in [-0.2, -0.15) is 0 Å². The van der Waals surface area contributed by atoms with E-state index in [0.717, 1.165) is 17.7 Å². The molecule has 3 nitrogen and oxygen atoms in total. The van der Waals surface area contributed by atoms with Crippen LogP contribution in [0.3, 0.4) is 0 Å². The number of nitrogens with two attached hydrogens (primary N) is 1. The van der Waals surface area contributed by atoms with Crippen LogP contribution in [0, 0.1) is 6.92 Å². The summed E-state index contributed by atoms with van der Waals surface area (Å²) in [6, 6.07) is 0. The van der Waals surface area contributed by atoms with E-state index in [4.69, 9.17) is 10.3 Å². The average Bonchev–Trinajstić information content (AvgIpc) is 2.32. The highest BCUT2D eigenvalue weighted by atomic mass is 16.5. The third-order valence-electron chi connectivity index (χ3n) is 2.06. The molecule has 3 heteroatoms. The molecule has 1 unspecified atom stereocenters. The van der Waals surface area contributed by atoms with E-state index in [-0.39, 0.29) is 0 Å². The standard InChI is InChI=1S/C8H14N2O/c1-4-5(2)7-6(3)8(9)10-11-7/h5H,4H2,1-3H3,(H2,9,10). The van der Waals surface area contributed by atoms with Gasteiger partial charge in [0.15, 0.2) is 5.82 Å². The van der Waals surface area contributed by atoms with Crippen LogP contribution in [0.1, 0.15) is 37.5 Å².